The van der Waals surface area contributed by atoms with Crippen LogP contribution in [0.15, 0.2) is 30.3 Å². The number of carbonyl (C=O) groups is 2. The van der Waals surface area contributed by atoms with Crippen molar-refractivity contribution in [3.8, 4) is 0 Å². The molecule has 0 aromatic heterocycles. The van der Waals surface area contributed by atoms with Crippen LogP contribution < -0.4 is 5.32 Å². The molecule has 2 N–H and O–H groups in total. The van der Waals surface area contributed by atoms with Crippen molar-refractivity contribution in [2.24, 2.45) is 0 Å². The van der Waals surface area contributed by atoms with Gasteiger partial charge in [0.05, 0.1) is 6.61 Å². The fourth-order valence-corrected chi connectivity index (χ4v) is 1.54. The molecule has 104 valence electrons. The molecule has 0 heterocycles. The van der Waals surface area contributed by atoms with Crippen LogP contribution in [0.4, 0.5) is 4.79 Å². The van der Waals surface area contributed by atoms with Gasteiger partial charge in [0.1, 0.15) is 6.04 Å². The van der Waals surface area contributed by atoms with Gasteiger partial charge in [-0.2, -0.15) is 0 Å². The normalized spacial score (nSPS) is 11.6. The van der Waals surface area contributed by atoms with Gasteiger partial charge in [0.2, 0.25) is 0 Å². The highest BCUT2D eigenvalue weighted by molar-refractivity contribution is 5.80. The number of nitrogens with one attached hydrogen (secondary N) is 1. The lowest BCUT2D eigenvalue weighted by molar-refractivity contribution is -0.139. The molecule has 0 aliphatic carbocycles. The van der Waals surface area contributed by atoms with Gasteiger partial charge in [-0.3, -0.25) is 0 Å². The first-order valence-electron chi connectivity index (χ1n) is 6.33. The Morgan fingerprint density at radius 2 is 2.00 bits per heavy atom. The molecule has 1 atom stereocenters. The summed E-state index contributed by atoms with van der Waals surface area (Å²) < 4.78 is 4.89. The summed E-state index contributed by atoms with van der Waals surface area (Å²) in [4.78, 5) is 22.5. The molecule has 1 unspecified atom stereocenters. The minimum absolute atomic E-state index is 0.235. The third-order valence-corrected chi connectivity index (χ3v) is 2.60. The van der Waals surface area contributed by atoms with E-state index in [9.17, 15) is 9.59 Å². The van der Waals surface area contributed by atoms with E-state index >= 15 is 0 Å². The lowest BCUT2D eigenvalue weighted by Crippen LogP contribution is -2.42. The molecule has 0 radical (unpaired) electrons. The molecule has 1 aromatic carbocycles. The number of alkyl carbamates (subject to hydrolysis) is 1. The Balaban J connectivity index is 2.49. The summed E-state index contributed by atoms with van der Waals surface area (Å²) in [5.41, 5.74) is 0.851. The van der Waals surface area contributed by atoms with Crippen LogP contribution in [0.2, 0.25) is 0 Å². The van der Waals surface area contributed by atoms with E-state index < -0.39 is 18.1 Å². The quantitative estimate of drug-likeness (QED) is 0.741. The van der Waals surface area contributed by atoms with E-state index in [1.807, 2.05) is 37.3 Å². The second-order valence-electron chi connectivity index (χ2n) is 4.21. The Kier molecular flexibility index (Phi) is 6.43. The molecule has 1 amide bonds. The largest absolute Gasteiger partial charge is 0.480 e. The Hall–Kier alpha value is -2.04. The fraction of sp³-hybridized carbons (Fsp3) is 0.429. The van der Waals surface area contributed by atoms with Crippen LogP contribution >= 0.6 is 0 Å². The molecule has 0 aliphatic rings. The Morgan fingerprint density at radius 1 is 1.32 bits per heavy atom. The van der Waals surface area contributed by atoms with E-state index in [0.29, 0.717) is 6.61 Å². The lowest BCUT2D eigenvalue weighted by atomic mass is 10.1. The molecule has 1 aromatic rings. The summed E-state index contributed by atoms with van der Waals surface area (Å²) in [5, 5.41) is 11.4. The summed E-state index contributed by atoms with van der Waals surface area (Å²) >= 11 is 0. The molecule has 5 heteroatoms. The molecule has 0 saturated heterocycles. The van der Waals surface area contributed by atoms with Crippen molar-refractivity contribution in [1.29, 1.82) is 0 Å². The van der Waals surface area contributed by atoms with Gasteiger partial charge in [0, 0.05) is 6.42 Å². The molecule has 0 saturated carbocycles. The van der Waals surface area contributed by atoms with E-state index in [1.54, 1.807) is 0 Å². The monoisotopic (exact) mass is 265 g/mol. The van der Waals surface area contributed by atoms with E-state index in [0.717, 1.165) is 18.4 Å². The molecule has 0 aliphatic heterocycles. The SMILES string of the molecule is CCCCOC(=O)NC(Cc1ccccc1)C(=O)O. The maximum Gasteiger partial charge on any atom is 0.407 e. The number of unbranched alkanes of at least 4 members (excludes halogenated alkanes) is 1. The van der Waals surface area contributed by atoms with Crippen LogP contribution in [0.5, 0.6) is 0 Å². The number of amides is 1. The van der Waals surface area contributed by atoms with Crippen LogP contribution in [-0.2, 0) is 16.0 Å². The van der Waals surface area contributed by atoms with Crippen molar-refractivity contribution < 1.29 is 19.4 Å². The smallest absolute Gasteiger partial charge is 0.407 e. The van der Waals surface area contributed by atoms with Crippen molar-refractivity contribution in [2.75, 3.05) is 6.61 Å². The van der Waals surface area contributed by atoms with Gasteiger partial charge in [-0.15, -0.1) is 0 Å². The van der Waals surface area contributed by atoms with Crippen molar-refractivity contribution in [2.45, 2.75) is 32.2 Å². The number of carboxylic acids is 1. The topological polar surface area (TPSA) is 75.6 Å². The first-order valence-corrected chi connectivity index (χ1v) is 6.33. The molecular formula is C14H19NO4. The highest BCUT2D eigenvalue weighted by Gasteiger charge is 2.20. The molecule has 0 fully saturated rings. The Labute approximate surface area is 112 Å². The maximum atomic E-state index is 11.4. The van der Waals surface area contributed by atoms with E-state index in [1.165, 1.54) is 0 Å². The summed E-state index contributed by atoms with van der Waals surface area (Å²) in [6.07, 6.45) is 1.24. The van der Waals surface area contributed by atoms with E-state index in [-0.39, 0.29) is 6.42 Å². The van der Waals surface area contributed by atoms with Crippen molar-refractivity contribution in [3.05, 3.63) is 35.9 Å². The standard InChI is InChI=1S/C14H19NO4/c1-2-3-9-19-14(18)15-12(13(16)17)10-11-7-5-4-6-8-11/h4-8,12H,2-3,9-10H2,1H3,(H,15,18)(H,16,17). The van der Waals surface area contributed by atoms with Crippen molar-refractivity contribution >= 4 is 12.1 Å². The van der Waals surface area contributed by atoms with Gasteiger partial charge in [-0.05, 0) is 12.0 Å². The number of rotatable bonds is 7. The molecule has 19 heavy (non-hydrogen) atoms. The van der Waals surface area contributed by atoms with Crippen LogP contribution in [0.25, 0.3) is 0 Å². The average Bonchev–Trinajstić information content (AvgIpc) is 2.39. The van der Waals surface area contributed by atoms with E-state index in [2.05, 4.69) is 5.32 Å². The van der Waals surface area contributed by atoms with Gasteiger partial charge in [0.15, 0.2) is 0 Å². The van der Waals surface area contributed by atoms with Gasteiger partial charge < -0.3 is 15.2 Å². The van der Waals surface area contributed by atoms with E-state index in [4.69, 9.17) is 9.84 Å². The highest BCUT2D eigenvalue weighted by atomic mass is 16.5. The maximum absolute atomic E-state index is 11.4. The van der Waals surface area contributed by atoms with Gasteiger partial charge in [-0.25, -0.2) is 9.59 Å². The zero-order chi connectivity index (χ0) is 14.1. The van der Waals surface area contributed by atoms with Crippen LogP contribution in [0.3, 0.4) is 0 Å². The molecule has 5 nitrogen and oxygen atoms in total. The third kappa shape index (κ3) is 5.90. The summed E-state index contributed by atoms with van der Waals surface area (Å²) in [6, 6.07) is 8.17. The molecule has 0 spiro atoms. The van der Waals surface area contributed by atoms with Crippen LogP contribution in [0, 0.1) is 0 Å². The molecule has 1 rings (SSSR count). The van der Waals surface area contributed by atoms with Gasteiger partial charge >= 0.3 is 12.1 Å². The number of benzene rings is 1. The van der Waals surface area contributed by atoms with Gasteiger partial charge in [-0.1, -0.05) is 43.7 Å². The first-order chi connectivity index (χ1) is 9.13. The number of aliphatic carboxylic acids is 1. The summed E-state index contributed by atoms with van der Waals surface area (Å²) in [7, 11) is 0. The number of carbonyl (C=O) groups excluding carboxylic acids is 1. The second kappa shape index (κ2) is 8.13. The summed E-state index contributed by atoms with van der Waals surface area (Å²) in [5.74, 6) is -1.07. The van der Waals surface area contributed by atoms with Gasteiger partial charge in [0.25, 0.3) is 0 Å². The Morgan fingerprint density at radius 3 is 2.58 bits per heavy atom. The molecule has 0 bridgehead atoms. The zero-order valence-electron chi connectivity index (χ0n) is 11.0. The highest BCUT2D eigenvalue weighted by Crippen LogP contribution is 2.04. The first kappa shape index (κ1) is 15.0. The molecular weight excluding hydrogens is 246 g/mol. The van der Waals surface area contributed by atoms with Crippen molar-refractivity contribution in [3.63, 3.8) is 0 Å². The minimum atomic E-state index is -1.07. The van der Waals surface area contributed by atoms with Crippen LogP contribution in [-0.4, -0.2) is 29.8 Å². The lowest BCUT2D eigenvalue weighted by Gasteiger charge is -2.14. The predicted octanol–water partition coefficient (Wildman–Crippen LogP) is 2.21. The third-order valence-electron chi connectivity index (χ3n) is 2.60. The predicted molar refractivity (Wildman–Crippen MR) is 71.0 cm³/mol. The minimum Gasteiger partial charge on any atom is -0.480 e. The number of hydrogen-bond acceptors (Lipinski definition) is 3. The van der Waals surface area contributed by atoms with Crippen LogP contribution in [0.1, 0.15) is 25.3 Å². The number of ether oxygens (including phenoxy) is 1. The second-order valence-corrected chi connectivity index (χ2v) is 4.21. The number of carboxylic acid groups (broad SMARTS) is 1. The number of hydrogen-bond donors (Lipinski definition) is 2. The van der Waals surface area contributed by atoms with Crippen molar-refractivity contribution in [1.82, 2.24) is 5.32 Å². The summed E-state index contributed by atoms with van der Waals surface area (Å²) in [6.45, 7) is 2.29. The average molecular weight is 265 g/mol. The zero-order valence-corrected chi connectivity index (χ0v) is 11.0. The Bertz CT molecular complexity index is 405. The fourth-order valence-electron chi connectivity index (χ4n) is 1.54.